The molecule has 0 aromatic heterocycles. The van der Waals surface area contributed by atoms with Gasteiger partial charge in [0.25, 0.3) is 0 Å². The predicted octanol–water partition coefficient (Wildman–Crippen LogP) is 0.115. The van der Waals surface area contributed by atoms with E-state index in [4.69, 9.17) is 21.4 Å². The molecule has 0 aliphatic carbocycles. The highest BCUT2D eigenvalue weighted by Gasteiger charge is 2.40. The van der Waals surface area contributed by atoms with Crippen molar-refractivity contribution in [1.82, 2.24) is 15.5 Å². The van der Waals surface area contributed by atoms with E-state index in [1.165, 1.54) is 4.90 Å². The highest BCUT2D eigenvalue weighted by atomic mass is 19.4. The number of carbonyl (C=O) groups excluding carboxylic acids is 4. The lowest BCUT2D eigenvalue weighted by Gasteiger charge is -2.32. The van der Waals surface area contributed by atoms with Crippen LogP contribution in [0.1, 0.15) is 53.9 Å². The first-order chi connectivity index (χ1) is 15.9. The molecule has 5 unspecified atom stereocenters. The predicted molar refractivity (Wildman–Crippen MR) is 119 cm³/mol. The lowest BCUT2D eigenvalue weighted by atomic mass is 9.98. The summed E-state index contributed by atoms with van der Waals surface area (Å²) in [4.78, 5) is 59.9. The summed E-state index contributed by atoms with van der Waals surface area (Å²) in [6.45, 7) is 9.35. The zero-order chi connectivity index (χ0) is 27.7. The molecule has 0 bridgehead atoms. The van der Waals surface area contributed by atoms with E-state index in [2.05, 4.69) is 10.6 Å². The van der Waals surface area contributed by atoms with E-state index in [1.807, 2.05) is 27.7 Å². The fourth-order valence-electron chi connectivity index (χ4n) is 3.26. The van der Waals surface area contributed by atoms with Gasteiger partial charge < -0.3 is 32.1 Å². The quantitative estimate of drug-likeness (QED) is 0.291. The zero-order valence-electron chi connectivity index (χ0n) is 20.5. The Morgan fingerprint density at radius 1 is 1.06 bits per heavy atom. The second-order valence-corrected chi connectivity index (χ2v) is 8.79. The van der Waals surface area contributed by atoms with Gasteiger partial charge in [0.15, 0.2) is 0 Å². The third-order valence-electron chi connectivity index (χ3n) is 5.54. The maximum atomic E-state index is 13.1. The standard InChI is InChI=1S/C19H35N5O4.C2HF3O2/c1-6-11(4)15(16(21)25)23-18(27)13-8-7-9-24(13)19(28)14(10(2)3)22-17(26)12(5)20;3-2(4,5)1(6)7/h10-15H,6-9,20H2,1-5H3,(H2,21,25)(H,22,26)(H,23,27);(H,6,7). The van der Waals surface area contributed by atoms with Gasteiger partial charge in [0.05, 0.1) is 6.04 Å². The van der Waals surface area contributed by atoms with Crippen LogP contribution in [-0.4, -0.2) is 76.5 Å². The Morgan fingerprint density at radius 3 is 1.94 bits per heavy atom. The molecule has 1 saturated heterocycles. The molecule has 202 valence electrons. The van der Waals surface area contributed by atoms with Crippen LogP contribution in [0.2, 0.25) is 0 Å². The maximum Gasteiger partial charge on any atom is 0.490 e. The van der Waals surface area contributed by atoms with Gasteiger partial charge in [-0.15, -0.1) is 0 Å². The number of nitrogens with two attached hydrogens (primary N) is 2. The molecule has 0 saturated carbocycles. The molecule has 1 aliphatic rings. The molecule has 1 aliphatic heterocycles. The largest absolute Gasteiger partial charge is 0.490 e. The summed E-state index contributed by atoms with van der Waals surface area (Å²) < 4.78 is 31.7. The van der Waals surface area contributed by atoms with Gasteiger partial charge in [-0.1, -0.05) is 34.1 Å². The number of aliphatic carboxylic acids is 1. The Balaban J connectivity index is 0.00000143. The minimum Gasteiger partial charge on any atom is -0.475 e. The SMILES string of the molecule is CCC(C)C(NC(=O)C1CCCN1C(=O)C(NC(=O)C(C)N)C(C)C)C(N)=O.O=C(O)C(F)(F)F. The number of carboxylic acids is 1. The third kappa shape index (κ3) is 10.1. The van der Waals surface area contributed by atoms with Gasteiger partial charge in [0.2, 0.25) is 23.6 Å². The highest BCUT2D eigenvalue weighted by molar-refractivity contribution is 5.95. The lowest BCUT2D eigenvalue weighted by molar-refractivity contribution is -0.192. The van der Waals surface area contributed by atoms with Crippen LogP contribution in [0.5, 0.6) is 0 Å². The van der Waals surface area contributed by atoms with Crippen molar-refractivity contribution >= 4 is 29.6 Å². The van der Waals surface area contributed by atoms with Gasteiger partial charge in [0, 0.05) is 6.54 Å². The van der Waals surface area contributed by atoms with Crippen LogP contribution in [-0.2, 0) is 24.0 Å². The van der Waals surface area contributed by atoms with Crippen molar-refractivity contribution in [3.63, 3.8) is 0 Å². The van der Waals surface area contributed by atoms with Gasteiger partial charge in [-0.2, -0.15) is 13.2 Å². The molecule has 1 rings (SSSR count). The second kappa shape index (κ2) is 13.9. The number of carboxylic acid groups (broad SMARTS) is 1. The van der Waals surface area contributed by atoms with Gasteiger partial charge in [0.1, 0.15) is 18.1 Å². The Bertz CT molecular complexity index is 775. The van der Waals surface area contributed by atoms with E-state index in [0.717, 1.165) is 0 Å². The molecule has 0 radical (unpaired) electrons. The van der Waals surface area contributed by atoms with Gasteiger partial charge in [-0.3, -0.25) is 19.2 Å². The summed E-state index contributed by atoms with van der Waals surface area (Å²) in [5, 5.41) is 12.5. The molecule has 1 fully saturated rings. The lowest BCUT2D eigenvalue weighted by Crippen LogP contribution is -2.58. The maximum absolute atomic E-state index is 13.1. The van der Waals surface area contributed by atoms with Crippen molar-refractivity contribution in [1.29, 1.82) is 0 Å². The van der Waals surface area contributed by atoms with Crippen LogP contribution in [0, 0.1) is 11.8 Å². The molecule has 14 heteroatoms. The Labute approximate surface area is 202 Å². The number of carbonyl (C=O) groups is 5. The average molecular weight is 512 g/mol. The molecule has 0 spiro atoms. The molecule has 5 atom stereocenters. The minimum atomic E-state index is -5.08. The summed E-state index contributed by atoms with van der Waals surface area (Å²) in [6.07, 6.45) is -3.24. The highest BCUT2D eigenvalue weighted by Crippen LogP contribution is 2.21. The second-order valence-electron chi connectivity index (χ2n) is 8.79. The third-order valence-corrected chi connectivity index (χ3v) is 5.54. The smallest absolute Gasteiger partial charge is 0.475 e. The number of alkyl halides is 3. The number of primary amides is 1. The molecular formula is C21H36F3N5O6. The fraction of sp³-hybridized carbons (Fsp3) is 0.762. The number of halogens is 3. The van der Waals surface area contributed by atoms with E-state index in [0.29, 0.717) is 25.8 Å². The van der Waals surface area contributed by atoms with E-state index in [9.17, 15) is 32.3 Å². The van der Waals surface area contributed by atoms with Crippen molar-refractivity contribution < 1.29 is 42.3 Å². The van der Waals surface area contributed by atoms with Crippen molar-refractivity contribution in [2.24, 2.45) is 23.3 Å². The van der Waals surface area contributed by atoms with Gasteiger partial charge in [-0.05, 0) is 31.6 Å². The molecular weight excluding hydrogens is 475 g/mol. The Hall–Kier alpha value is -2.90. The van der Waals surface area contributed by atoms with Crippen LogP contribution >= 0.6 is 0 Å². The summed E-state index contributed by atoms with van der Waals surface area (Å²) in [5.74, 6) is -4.76. The average Bonchev–Trinajstić information content (AvgIpc) is 3.23. The Morgan fingerprint density at radius 2 is 1.57 bits per heavy atom. The number of hydrogen-bond acceptors (Lipinski definition) is 6. The van der Waals surface area contributed by atoms with Crippen LogP contribution in [0.15, 0.2) is 0 Å². The first kappa shape index (κ1) is 32.1. The fourth-order valence-corrected chi connectivity index (χ4v) is 3.26. The Kier molecular flexibility index (Phi) is 12.7. The van der Waals surface area contributed by atoms with Crippen molar-refractivity contribution in [3.05, 3.63) is 0 Å². The topological polar surface area (TPSA) is 185 Å². The summed E-state index contributed by atoms with van der Waals surface area (Å²) >= 11 is 0. The van der Waals surface area contributed by atoms with Crippen molar-refractivity contribution in [2.75, 3.05) is 6.54 Å². The molecule has 4 amide bonds. The monoisotopic (exact) mass is 511 g/mol. The minimum absolute atomic E-state index is 0.110. The number of nitrogens with one attached hydrogen (secondary N) is 2. The zero-order valence-corrected chi connectivity index (χ0v) is 20.5. The molecule has 0 aromatic carbocycles. The van der Waals surface area contributed by atoms with Gasteiger partial charge >= 0.3 is 12.1 Å². The summed E-state index contributed by atoms with van der Waals surface area (Å²) in [5.41, 5.74) is 11.0. The van der Waals surface area contributed by atoms with Crippen molar-refractivity contribution in [2.45, 2.75) is 84.2 Å². The number of rotatable bonds is 9. The van der Waals surface area contributed by atoms with Crippen LogP contribution in [0.25, 0.3) is 0 Å². The summed E-state index contributed by atoms with van der Waals surface area (Å²) in [7, 11) is 0. The molecule has 0 aromatic rings. The number of hydrogen-bond donors (Lipinski definition) is 5. The van der Waals surface area contributed by atoms with Crippen LogP contribution in [0.3, 0.4) is 0 Å². The van der Waals surface area contributed by atoms with Gasteiger partial charge in [-0.25, -0.2) is 4.79 Å². The first-order valence-corrected chi connectivity index (χ1v) is 11.2. The van der Waals surface area contributed by atoms with E-state index in [1.54, 1.807) is 6.92 Å². The molecule has 1 heterocycles. The van der Waals surface area contributed by atoms with E-state index in [-0.39, 0.29) is 17.7 Å². The van der Waals surface area contributed by atoms with Crippen LogP contribution in [0.4, 0.5) is 13.2 Å². The number of likely N-dealkylation sites (tertiary alicyclic amines) is 1. The molecule has 35 heavy (non-hydrogen) atoms. The number of amides is 4. The first-order valence-electron chi connectivity index (χ1n) is 11.2. The van der Waals surface area contributed by atoms with Crippen LogP contribution < -0.4 is 22.1 Å². The summed E-state index contributed by atoms with van der Waals surface area (Å²) in [6, 6.07) is -2.98. The van der Waals surface area contributed by atoms with E-state index >= 15 is 0 Å². The molecule has 11 nitrogen and oxygen atoms in total. The number of nitrogens with zero attached hydrogens (tertiary/aromatic N) is 1. The van der Waals surface area contributed by atoms with Crippen molar-refractivity contribution in [3.8, 4) is 0 Å². The molecule has 7 N–H and O–H groups in total. The van der Waals surface area contributed by atoms with E-state index < -0.39 is 54.0 Å². The normalized spacial score (nSPS) is 19.0.